The number of ether oxygens (including phenoxy) is 3. The number of carbonyl (C=O) groups excluding carboxylic acids is 1. The largest absolute Gasteiger partial charge is 0.490 e. The minimum atomic E-state index is -0.127. The molecule has 2 aromatic carbocycles. The van der Waals surface area contributed by atoms with Crippen LogP contribution in [-0.2, 0) is 0 Å². The van der Waals surface area contributed by atoms with Crippen LogP contribution in [0.2, 0.25) is 0 Å². The quantitative estimate of drug-likeness (QED) is 0.670. The molecule has 0 spiro atoms. The smallest absolute Gasteiger partial charge is 0.321 e. The van der Waals surface area contributed by atoms with Gasteiger partial charge < -0.3 is 29.3 Å². The third-order valence-corrected chi connectivity index (χ3v) is 5.09. The minimum absolute atomic E-state index is 0.127. The molecule has 2 amide bonds. The molecule has 1 N–H and O–H groups in total. The van der Waals surface area contributed by atoms with E-state index < -0.39 is 0 Å². The van der Waals surface area contributed by atoms with E-state index in [0.29, 0.717) is 55.8 Å². The van der Waals surface area contributed by atoms with Gasteiger partial charge in [0.1, 0.15) is 0 Å². The molecule has 0 unspecified atom stereocenters. The minimum Gasteiger partial charge on any atom is -0.490 e. The number of nitrogens with zero attached hydrogens (tertiary/aromatic N) is 2. The fourth-order valence-corrected chi connectivity index (χ4v) is 3.66. The van der Waals surface area contributed by atoms with Crippen LogP contribution >= 0.6 is 0 Å². The van der Waals surface area contributed by atoms with Gasteiger partial charge in [0.25, 0.3) is 0 Å². The first-order valence-corrected chi connectivity index (χ1v) is 11.0. The van der Waals surface area contributed by atoms with Crippen molar-refractivity contribution in [1.29, 1.82) is 0 Å². The molecule has 1 aliphatic rings. The van der Waals surface area contributed by atoms with Crippen LogP contribution in [0.3, 0.4) is 0 Å². The highest BCUT2D eigenvalue weighted by Crippen LogP contribution is 2.41. The van der Waals surface area contributed by atoms with Crippen molar-refractivity contribution in [3.05, 3.63) is 42.0 Å². The zero-order valence-corrected chi connectivity index (χ0v) is 18.9. The molecule has 0 atom stereocenters. The summed E-state index contributed by atoms with van der Waals surface area (Å²) in [6, 6.07) is 11.9. The number of urea groups is 1. The summed E-state index contributed by atoms with van der Waals surface area (Å²) in [6.07, 6.45) is 0. The summed E-state index contributed by atoms with van der Waals surface area (Å²) in [4.78, 5) is 17.0. The Bertz CT molecular complexity index is 852. The highest BCUT2D eigenvalue weighted by Gasteiger charge is 2.23. The number of hydrogen-bond acceptors (Lipinski definition) is 5. The van der Waals surface area contributed by atoms with Crippen molar-refractivity contribution in [2.75, 3.05) is 56.2 Å². The van der Waals surface area contributed by atoms with Crippen molar-refractivity contribution in [2.45, 2.75) is 27.7 Å². The van der Waals surface area contributed by atoms with Gasteiger partial charge in [-0.25, -0.2) is 4.79 Å². The number of aryl methyl sites for hydroxylation is 1. The Morgan fingerprint density at radius 2 is 1.52 bits per heavy atom. The molecule has 31 heavy (non-hydrogen) atoms. The first-order chi connectivity index (χ1) is 15.0. The molecule has 2 aromatic rings. The maximum absolute atomic E-state index is 12.9. The van der Waals surface area contributed by atoms with E-state index in [1.54, 1.807) is 12.1 Å². The summed E-state index contributed by atoms with van der Waals surface area (Å²) in [5, 5.41) is 3.00. The molecular formula is C24H33N3O4. The maximum Gasteiger partial charge on any atom is 0.321 e. The van der Waals surface area contributed by atoms with Crippen LogP contribution in [0, 0.1) is 6.92 Å². The predicted octanol–water partition coefficient (Wildman–Crippen LogP) is 4.55. The first-order valence-electron chi connectivity index (χ1n) is 11.0. The highest BCUT2D eigenvalue weighted by molar-refractivity contribution is 5.90. The Labute approximate surface area is 184 Å². The monoisotopic (exact) mass is 427 g/mol. The van der Waals surface area contributed by atoms with Gasteiger partial charge in [0, 0.05) is 44.0 Å². The second-order valence-electron chi connectivity index (χ2n) is 7.34. The zero-order valence-electron chi connectivity index (χ0n) is 18.9. The van der Waals surface area contributed by atoms with Crippen LogP contribution in [0.5, 0.6) is 17.2 Å². The summed E-state index contributed by atoms with van der Waals surface area (Å²) < 4.78 is 17.2. The summed E-state index contributed by atoms with van der Waals surface area (Å²) in [5.74, 6) is 1.70. The third kappa shape index (κ3) is 5.75. The predicted molar refractivity (Wildman–Crippen MR) is 124 cm³/mol. The van der Waals surface area contributed by atoms with Gasteiger partial charge in [0.2, 0.25) is 5.75 Å². The standard InChI is InChI=1S/C24H33N3O4/c1-5-29-21-16-19(17-22(30-6-2)23(21)31-7-3)25-24(28)27-13-11-26(12-14-27)20-10-8-9-18(4)15-20/h8-10,15-17H,5-7,11-14H2,1-4H3,(H,25,28). The SMILES string of the molecule is CCOc1cc(NC(=O)N2CCN(c3cccc(C)c3)CC2)cc(OCC)c1OCC. The Hall–Kier alpha value is -3.09. The Morgan fingerprint density at radius 1 is 0.903 bits per heavy atom. The van der Waals surface area contributed by atoms with E-state index in [1.165, 1.54) is 11.3 Å². The Morgan fingerprint density at radius 3 is 2.06 bits per heavy atom. The fraction of sp³-hybridized carbons (Fsp3) is 0.458. The van der Waals surface area contributed by atoms with Gasteiger partial charge in [-0.2, -0.15) is 0 Å². The van der Waals surface area contributed by atoms with Crippen LogP contribution in [0.25, 0.3) is 0 Å². The van der Waals surface area contributed by atoms with Gasteiger partial charge in [0.15, 0.2) is 11.5 Å². The van der Waals surface area contributed by atoms with Gasteiger partial charge in [-0.15, -0.1) is 0 Å². The van der Waals surface area contributed by atoms with Crippen molar-refractivity contribution in [1.82, 2.24) is 4.90 Å². The molecule has 1 heterocycles. The van der Waals surface area contributed by atoms with Crippen LogP contribution in [0.15, 0.2) is 36.4 Å². The van der Waals surface area contributed by atoms with E-state index in [1.807, 2.05) is 25.7 Å². The van der Waals surface area contributed by atoms with Crippen molar-refractivity contribution in [2.24, 2.45) is 0 Å². The topological polar surface area (TPSA) is 63.3 Å². The van der Waals surface area contributed by atoms with Crippen LogP contribution < -0.4 is 24.4 Å². The maximum atomic E-state index is 12.9. The van der Waals surface area contributed by atoms with Gasteiger partial charge in [-0.1, -0.05) is 12.1 Å². The van der Waals surface area contributed by atoms with Gasteiger partial charge in [-0.05, 0) is 45.4 Å². The number of benzene rings is 2. The Kier molecular flexibility index (Phi) is 7.87. The molecule has 1 aliphatic heterocycles. The lowest BCUT2D eigenvalue weighted by Gasteiger charge is -2.36. The van der Waals surface area contributed by atoms with Crippen LogP contribution in [0.1, 0.15) is 26.3 Å². The average molecular weight is 428 g/mol. The molecule has 7 nitrogen and oxygen atoms in total. The molecule has 1 saturated heterocycles. The van der Waals surface area contributed by atoms with Gasteiger partial charge in [0.05, 0.1) is 25.5 Å². The molecule has 1 fully saturated rings. The van der Waals surface area contributed by atoms with Crippen molar-refractivity contribution in [3.63, 3.8) is 0 Å². The van der Waals surface area contributed by atoms with Crippen molar-refractivity contribution >= 4 is 17.4 Å². The zero-order chi connectivity index (χ0) is 22.2. The molecule has 0 aromatic heterocycles. The summed E-state index contributed by atoms with van der Waals surface area (Å²) in [6.45, 7) is 12.2. The number of amides is 2. The molecular weight excluding hydrogens is 394 g/mol. The van der Waals surface area contributed by atoms with Crippen molar-refractivity contribution < 1.29 is 19.0 Å². The van der Waals surface area contributed by atoms with Crippen LogP contribution in [0.4, 0.5) is 16.2 Å². The first kappa shape index (κ1) is 22.6. The molecule has 3 rings (SSSR count). The number of piperazine rings is 1. The number of hydrogen-bond donors (Lipinski definition) is 1. The molecule has 168 valence electrons. The molecule has 0 bridgehead atoms. The van der Waals surface area contributed by atoms with E-state index in [4.69, 9.17) is 14.2 Å². The lowest BCUT2D eigenvalue weighted by molar-refractivity contribution is 0.208. The van der Waals surface area contributed by atoms with Crippen molar-refractivity contribution in [3.8, 4) is 17.2 Å². The fourth-order valence-electron chi connectivity index (χ4n) is 3.66. The third-order valence-electron chi connectivity index (χ3n) is 5.09. The lowest BCUT2D eigenvalue weighted by atomic mass is 10.2. The summed E-state index contributed by atoms with van der Waals surface area (Å²) >= 11 is 0. The molecule has 0 aliphatic carbocycles. The van der Waals surface area contributed by atoms with E-state index in [-0.39, 0.29) is 6.03 Å². The van der Waals surface area contributed by atoms with E-state index >= 15 is 0 Å². The average Bonchev–Trinajstić information content (AvgIpc) is 2.76. The van der Waals surface area contributed by atoms with E-state index in [0.717, 1.165) is 13.1 Å². The molecule has 0 radical (unpaired) electrons. The number of nitrogens with one attached hydrogen (secondary N) is 1. The number of carbonyl (C=O) groups is 1. The second-order valence-corrected chi connectivity index (χ2v) is 7.34. The lowest BCUT2D eigenvalue weighted by Crippen LogP contribution is -2.50. The Balaban J connectivity index is 1.68. The van der Waals surface area contributed by atoms with E-state index in [9.17, 15) is 4.79 Å². The number of rotatable bonds is 8. The summed E-state index contributed by atoms with van der Waals surface area (Å²) in [5.41, 5.74) is 3.07. The van der Waals surface area contributed by atoms with Gasteiger partial charge in [-0.3, -0.25) is 0 Å². The molecule has 0 saturated carbocycles. The van der Waals surface area contributed by atoms with Gasteiger partial charge >= 0.3 is 6.03 Å². The highest BCUT2D eigenvalue weighted by atomic mass is 16.5. The van der Waals surface area contributed by atoms with E-state index in [2.05, 4.69) is 41.4 Å². The second kappa shape index (κ2) is 10.8. The summed E-state index contributed by atoms with van der Waals surface area (Å²) in [7, 11) is 0. The van der Waals surface area contributed by atoms with Crippen LogP contribution in [-0.4, -0.2) is 56.9 Å². The number of anilines is 2. The normalized spacial score (nSPS) is 13.7. The molecule has 7 heteroatoms.